The Morgan fingerprint density at radius 1 is 1.07 bits per heavy atom. The minimum absolute atomic E-state index is 0.0203. The van der Waals surface area contributed by atoms with Crippen molar-refractivity contribution < 1.29 is 23.1 Å². The first-order valence-corrected chi connectivity index (χ1v) is 11.5. The number of sulfonamides is 1. The summed E-state index contributed by atoms with van der Waals surface area (Å²) in [5.41, 5.74) is 2.92. The number of rotatable bonds is 9. The van der Waals surface area contributed by atoms with Gasteiger partial charge >= 0.3 is 5.97 Å². The highest BCUT2D eigenvalue weighted by Gasteiger charge is 2.26. The molecule has 1 aliphatic carbocycles. The first-order valence-electron chi connectivity index (χ1n) is 9.60. The van der Waals surface area contributed by atoms with Crippen LogP contribution in [0, 0.1) is 0 Å². The average Bonchev–Trinajstić information content (AvgIpc) is 3.06. The molecule has 0 aliphatic heterocycles. The molecule has 7 nitrogen and oxygen atoms in total. The first-order chi connectivity index (χ1) is 14.2. The third-order valence-corrected chi connectivity index (χ3v) is 6.69. The van der Waals surface area contributed by atoms with Crippen LogP contribution in [0.3, 0.4) is 0 Å². The third-order valence-electron chi connectivity index (χ3n) is 4.90. The van der Waals surface area contributed by atoms with Gasteiger partial charge in [-0.2, -0.15) is 0 Å². The van der Waals surface area contributed by atoms with Gasteiger partial charge in [-0.1, -0.05) is 29.8 Å². The van der Waals surface area contributed by atoms with Crippen molar-refractivity contribution in [2.24, 2.45) is 0 Å². The molecular weight excluding hydrogens is 428 g/mol. The maximum absolute atomic E-state index is 12.6. The number of hydrogen-bond acceptors (Lipinski definition) is 4. The molecule has 3 N–H and O–H groups in total. The number of carbonyl (C=O) groups is 2. The molecule has 0 bridgehead atoms. The van der Waals surface area contributed by atoms with E-state index < -0.39 is 16.0 Å². The number of halogens is 1. The van der Waals surface area contributed by atoms with Crippen LogP contribution in [0.25, 0.3) is 0 Å². The van der Waals surface area contributed by atoms with Gasteiger partial charge in [0.1, 0.15) is 0 Å². The number of hydrogen-bond donors (Lipinski definition) is 3. The highest BCUT2D eigenvalue weighted by Crippen LogP contribution is 2.25. The number of fused-ring (bicyclic) bond motifs is 1. The fraction of sp³-hybridized carbons (Fsp3) is 0.333. The van der Waals surface area contributed by atoms with Crippen LogP contribution in [0.1, 0.15) is 29.5 Å². The van der Waals surface area contributed by atoms with E-state index in [0.717, 1.165) is 16.7 Å². The van der Waals surface area contributed by atoms with Crippen LogP contribution in [0.4, 0.5) is 0 Å². The predicted octanol–water partition coefficient (Wildman–Crippen LogP) is 2.31. The summed E-state index contributed by atoms with van der Waals surface area (Å²) in [6, 6.07) is 11.5. The maximum atomic E-state index is 12.6. The molecule has 9 heteroatoms. The number of benzene rings is 2. The lowest BCUT2D eigenvalue weighted by Crippen LogP contribution is -2.35. The van der Waals surface area contributed by atoms with Crippen LogP contribution < -0.4 is 10.0 Å². The molecule has 2 aromatic carbocycles. The molecule has 0 saturated heterocycles. The zero-order valence-electron chi connectivity index (χ0n) is 16.2. The van der Waals surface area contributed by atoms with Gasteiger partial charge in [-0.25, -0.2) is 13.1 Å². The summed E-state index contributed by atoms with van der Waals surface area (Å²) in [6.07, 6.45) is 1.74. The second kappa shape index (κ2) is 9.59. The lowest BCUT2D eigenvalue weighted by Gasteiger charge is -2.12. The van der Waals surface area contributed by atoms with Crippen LogP contribution in [-0.4, -0.2) is 38.0 Å². The van der Waals surface area contributed by atoms with Crippen LogP contribution in [0.15, 0.2) is 47.4 Å². The molecular formula is C21H23ClN2O5S. The molecule has 1 unspecified atom stereocenters. The second-order valence-electron chi connectivity index (χ2n) is 7.31. The topological polar surface area (TPSA) is 113 Å². The molecule has 1 amide bonds. The van der Waals surface area contributed by atoms with E-state index >= 15 is 0 Å². The van der Waals surface area contributed by atoms with Crippen molar-refractivity contribution in [2.45, 2.75) is 43.0 Å². The van der Waals surface area contributed by atoms with E-state index in [-0.39, 0.29) is 29.7 Å². The molecule has 0 saturated carbocycles. The summed E-state index contributed by atoms with van der Waals surface area (Å²) in [7, 11) is -3.64. The Kier molecular flexibility index (Phi) is 7.12. The third kappa shape index (κ3) is 6.04. The van der Waals surface area contributed by atoms with E-state index in [1.165, 1.54) is 12.1 Å². The van der Waals surface area contributed by atoms with E-state index in [2.05, 4.69) is 10.0 Å². The van der Waals surface area contributed by atoms with Gasteiger partial charge in [0.25, 0.3) is 0 Å². The normalized spacial score (nSPS) is 15.6. The number of carbonyl (C=O) groups excluding carboxylic acids is 1. The molecule has 0 aromatic heterocycles. The fourth-order valence-electron chi connectivity index (χ4n) is 3.48. The molecule has 1 atom stereocenters. The monoisotopic (exact) mass is 450 g/mol. The first kappa shape index (κ1) is 22.3. The van der Waals surface area contributed by atoms with Crippen molar-refractivity contribution in [3.8, 4) is 0 Å². The minimum Gasteiger partial charge on any atom is -0.481 e. The Morgan fingerprint density at radius 2 is 1.77 bits per heavy atom. The van der Waals surface area contributed by atoms with Crippen molar-refractivity contribution in [3.05, 3.63) is 64.2 Å². The molecule has 0 spiro atoms. The highest BCUT2D eigenvalue weighted by atomic mass is 35.5. The Labute approximate surface area is 180 Å². The minimum atomic E-state index is -3.64. The molecule has 0 fully saturated rings. The summed E-state index contributed by atoms with van der Waals surface area (Å²) < 4.78 is 27.9. The van der Waals surface area contributed by atoms with Gasteiger partial charge in [0.15, 0.2) is 0 Å². The standard InChI is InChI=1S/C21H23ClN2O5S/c22-17-5-7-19(8-6-17)30(28,29)24-18-12-15-4-3-14(10-16(15)13-18)11-20(25)23-9-1-2-21(26)27/h3-8,10,18,24H,1-2,9,11-13H2,(H,23,25)(H,26,27). The van der Waals surface area contributed by atoms with E-state index in [1.807, 2.05) is 18.2 Å². The molecule has 3 rings (SSSR count). The Morgan fingerprint density at radius 3 is 2.47 bits per heavy atom. The maximum Gasteiger partial charge on any atom is 0.303 e. The van der Waals surface area contributed by atoms with Gasteiger partial charge < -0.3 is 10.4 Å². The number of carboxylic acids is 1. The highest BCUT2D eigenvalue weighted by molar-refractivity contribution is 7.89. The molecule has 30 heavy (non-hydrogen) atoms. The zero-order chi connectivity index (χ0) is 21.7. The van der Waals surface area contributed by atoms with E-state index in [4.69, 9.17) is 16.7 Å². The van der Waals surface area contributed by atoms with Crippen molar-refractivity contribution >= 4 is 33.5 Å². The lowest BCUT2D eigenvalue weighted by molar-refractivity contribution is -0.137. The molecule has 0 radical (unpaired) electrons. The molecule has 2 aromatic rings. The van der Waals surface area contributed by atoms with E-state index in [9.17, 15) is 18.0 Å². The van der Waals surface area contributed by atoms with Crippen molar-refractivity contribution in [2.75, 3.05) is 6.54 Å². The summed E-state index contributed by atoms with van der Waals surface area (Å²) >= 11 is 5.82. The SMILES string of the molecule is O=C(O)CCCNC(=O)Cc1ccc2c(c1)CC(NS(=O)(=O)c1ccc(Cl)cc1)C2. The fourth-order valence-corrected chi connectivity index (χ4v) is 4.84. The molecule has 1 aliphatic rings. The Balaban J connectivity index is 1.56. The van der Waals surface area contributed by atoms with Crippen molar-refractivity contribution in [1.82, 2.24) is 10.0 Å². The van der Waals surface area contributed by atoms with Crippen LogP contribution in [-0.2, 0) is 38.9 Å². The van der Waals surface area contributed by atoms with Crippen LogP contribution in [0.2, 0.25) is 5.02 Å². The van der Waals surface area contributed by atoms with Gasteiger partial charge in [-0.3, -0.25) is 9.59 Å². The van der Waals surface area contributed by atoms with E-state index in [0.29, 0.717) is 30.8 Å². The van der Waals surface area contributed by atoms with Crippen molar-refractivity contribution in [1.29, 1.82) is 0 Å². The smallest absolute Gasteiger partial charge is 0.303 e. The molecule has 160 valence electrons. The largest absolute Gasteiger partial charge is 0.481 e. The number of nitrogens with one attached hydrogen (secondary N) is 2. The van der Waals surface area contributed by atoms with Gasteiger partial charge in [0, 0.05) is 24.0 Å². The number of amides is 1. The van der Waals surface area contributed by atoms with Crippen molar-refractivity contribution in [3.63, 3.8) is 0 Å². The van der Waals surface area contributed by atoms with Crippen LogP contribution in [0.5, 0.6) is 0 Å². The van der Waals surface area contributed by atoms with Gasteiger partial charge in [-0.15, -0.1) is 0 Å². The summed E-state index contributed by atoms with van der Waals surface area (Å²) in [5, 5.41) is 11.8. The lowest BCUT2D eigenvalue weighted by atomic mass is 10.0. The van der Waals surface area contributed by atoms with Crippen LogP contribution >= 0.6 is 11.6 Å². The number of aliphatic carboxylic acids is 1. The van der Waals surface area contributed by atoms with Gasteiger partial charge in [0.2, 0.25) is 15.9 Å². The van der Waals surface area contributed by atoms with E-state index in [1.54, 1.807) is 12.1 Å². The zero-order valence-corrected chi connectivity index (χ0v) is 17.8. The Hall–Kier alpha value is -2.42. The summed E-state index contributed by atoms with van der Waals surface area (Å²) in [5.74, 6) is -1.05. The summed E-state index contributed by atoms with van der Waals surface area (Å²) in [6.45, 7) is 0.324. The molecule has 0 heterocycles. The Bertz CT molecular complexity index is 1040. The van der Waals surface area contributed by atoms with Gasteiger partial charge in [0.05, 0.1) is 11.3 Å². The predicted molar refractivity (Wildman–Crippen MR) is 113 cm³/mol. The quantitative estimate of drug-likeness (QED) is 0.507. The second-order valence-corrected chi connectivity index (χ2v) is 9.46. The average molecular weight is 451 g/mol. The number of carboxylic acid groups (broad SMARTS) is 1. The van der Waals surface area contributed by atoms with Gasteiger partial charge in [-0.05, 0) is 60.2 Å². The summed E-state index contributed by atoms with van der Waals surface area (Å²) in [4.78, 5) is 22.7.